The Labute approximate surface area is 299 Å². The van der Waals surface area contributed by atoms with E-state index in [1.54, 1.807) is 4.90 Å². The van der Waals surface area contributed by atoms with Crippen molar-refractivity contribution in [2.45, 2.75) is 79.5 Å². The first-order valence-electron chi connectivity index (χ1n) is 17.6. The number of anilines is 1. The zero-order valence-electron chi connectivity index (χ0n) is 30.8. The van der Waals surface area contributed by atoms with E-state index in [2.05, 4.69) is 57.6 Å². The second-order valence-electron chi connectivity index (χ2n) is 13.8. The van der Waals surface area contributed by atoms with Gasteiger partial charge in [-0.05, 0) is 70.8 Å². The number of nitrogens with zero attached hydrogens (tertiary/aromatic N) is 7. The summed E-state index contributed by atoms with van der Waals surface area (Å²) in [6.07, 6.45) is 3.96. The number of aliphatic hydroxyl groups excluding tert-OH is 1. The van der Waals surface area contributed by atoms with Gasteiger partial charge >= 0.3 is 11.9 Å². The summed E-state index contributed by atoms with van der Waals surface area (Å²) < 4.78 is 20.4. The van der Waals surface area contributed by atoms with E-state index in [-0.39, 0.29) is 40.7 Å². The van der Waals surface area contributed by atoms with Gasteiger partial charge in [-0.1, -0.05) is 27.7 Å². The fourth-order valence-electron chi connectivity index (χ4n) is 6.84. The summed E-state index contributed by atoms with van der Waals surface area (Å²) in [4.78, 5) is 45.6. The first kappa shape index (κ1) is 41.2. The lowest BCUT2D eigenvalue weighted by molar-refractivity contribution is -0.134. The van der Waals surface area contributed by atoms with Crippen molar-refractivity contribution in [3.05, 3.63) is 48.1 Å². The van der Waals surface area contributed by atoms with Gasteiger partial charge in [0.05, 0.1) is 11.7 Å². The maximum absolute atomic E-state index is 14.3. The summed E-state index contributed by atoms with van der Waals surface area (Å²) in [5, 5.41) is 34.7. The van der Waals surface area contributed by atoms with E-state index in [1.165, 1.54) is 24.5 Å². The molecule has 2 saturated heterocycles. The maximum atomic E-state index is 14.3. The standard InChI is InChI=1S/C32H50FN7O3.C4H4O4/c1-8-37(9-2)17-25(41)16-27(22(4)5)39-19-32(20-39)13-14-38(18-32)29-30(36-35-21-34-29)43-28-12-11-24(33)15-26(28)31(42)40(10-3)23(6)7;5-3(6)1-2-4(7)8/h11-12,15,21-23,25,27,41H,8-10,13-14,16-20H2,1-7H3;1-2H,(H,5,6)(H,7,8)/b;2-1+. The average molecular weight is 716 g/mol. The lowest BCUT2D eigenvalue weighted by Crippen LogP contribution is -2.62. The van der Waals surface area contributed by atoms with Gasteiger partial charge < -0.3 is 34.8 Å². The van der Waals surface area contributed by atoms with Crippen LogP contribution >= 0.6 is 0 Å². The van der Waals surface area contributed by atoms with Gasteiger partial charge in [-0.25, -0.2) is 19.0 Å². The monoisotopic (exact) mass is 715 g/mol. The highest BCUT2D eigenvalue weighted by atomic mass is 19.1. The first-order valence-corrected chi connectivity index (χ1v) is 17.6. The lowest BCUT2D eigenvalue weighted by atomic mass is 9.76. The number of carboxylic acids is 2. The number of hydrogen-bond acceptors (Lipinski definition) is 11. The Bertz CT molecular complexity index is 1480. The SMILES string of the molecule is CCN(CC)CC(O)CC(C(C)C)N1CC2(CCN(c3ncnnc3Oc3ccc(F)cc3C(=O)N(CC)C(C)C)C2)C1.O=C(O)/C=C/C(=O)O. The van der Waals surface area contributed by atoms with Crippen LogP contribution in [0.4, 0.5) is 10.2 Å². The molecule has 282 valence electrons. The van der Waals surface area contributed by atoms with Crippen LogP contribution in [0.5, 0.6) is 11.6 Å². The second kappa shape index (κ2) is 18.9. The third kappa shape index (κ3) is 11.4. The third-order valence-corrected chi connectivity index (χ3v) is 9.47. The van der Waals surface area contributed by atoms with Crippen molar-refractivity contribution in [2.75, 3.05) is 57.3 Å². The van der Waals surface area contributed by atoms with Gasteiger partial charge in [0, 0.05) is 68.9 Å². The van der Waals surface area contributed by atoms with Crippen molar-refractivity contribution in [3.63, 3.8) is 0 Å². The number of benzene rings is 1. The van der Waals surface area contributed by atoms with Gasteiger partial charge in [-0.15, -0.1) is 10.2 Å². The highest BCUT2D eigenvalue weighted by molar-refractivity contribution is 5.97. The summed E-state index contributed by atoms with van der Waals surface area (Å²) in [6.45, 7) is 21.1. The molecule has 14 nitrogen and oxygen atoms in total. The fourth-order valence-corrected chi connectivity index (χ4v) is 6.84. The van der Waals surface area contributed by atoms with Crippen molar-refractivity contribution in [3.8, 4) is 11.6 Å². The molecule has 0 radical (unpaired) electrons. The smallest absolute Gasteiger partial charge is 0.328 e. The molecule has 1 spiro atoms. The number of aromatic nitrogens is 3. The molecular formula is C36H54FN7O7. The van der Waals surface area contributed by atoms with E-state index in [1.807, 2.05) is 20.8 Å². The molecule has 2 aliphatic rings. The number of carbonyl (C=O) groups excluding carboxylic acids is 1. The molecule has 0 aliphatic carbocycles. The number of likely N-dealkylation sites (N-methyl/N-ethyl adjacent to an activating group) is 1. The number of halogens is 1. The Balaban J connectivity index is 0.000000783. The van der Waals surface area contributed by atoms with Gasteiger partial charge in [0.1, 0.15) is 17.9 Å². The van der Waals surface area contributed by atoms with Gasteiger partial charge in [-0.2, -0.15) is 0 Å². The summed E-state index contributed by atoms with van der Waals surface area (Å²) in [6, 6.07) is 4.23. The molecule has 2 unspecified atom stereocenters. The Hall–Kier alpha value is -4.21. The summed E-state index contributed by atoms with van der Waals surface area (Å²) >= 11 is 0. The largest absolute Gasteiger partial charge is 0.478 e. The topological polar surface area (TPSA) is 173 Å². The molecule has 2 aromatic rings. The zero-order chi connectivity index (χ0) is 37.9. The van der Waals surface area contributed by atoms with E-state index < -0.39 is 17.8 Å². The highest BCUT2D eigenvalue weighted by Gasteiger charge is 2.50. The molecule has 0 saturated carbocycles. The van der Waals surface area contributed by atoms with Crippen molar-refractivity contribution < 1.29 is 38.8 Å². The Kier molecular flexibility index (Phi) is 15.2. The molecule has 3 N–H and O–H groups in total. The predicted octanol–water partition coefficient (Wildman–Crippen LogP) is 4.01. The summed E-state index contributed by atoms with van der Waals surface area (Å²) in [7, 11) is 0. The molecule has 4 rings (SSSR count). The molecule has 2 atom stereocenters. The van der Waals surface area contributed by atoms with Gasteiger partial charge in [0.2, 0.25) is 0 Å². The number of hydrogen-bond donors (Lipinski definition) is 3. The van der Waals surface area contributed by atoms with Crippen molar-refractivity contribution >= 4 is 23.7 Å². The molecule has 1 aromatic heterocycles. The van der Waals surface area contributed by atoms with Crippen LogP contribution in [-0.2, 0) is 9.59 Å². The Morgan fingerprint density at radius 3 is 2.22 bits per heavy atom. The Morgan fingerprint density at radius 1 is 1.02 bits per heavy atom. The van der Waals surface area contributed by atoms with Crippen molar-refractivity contribution in [1.82, 2.24) is 29.9 Å². The molecule has 3 heterocycles. The molecular weight excluding hydrogens is 661 g/mol. The Morgan fingerprint density at radius 2 is 1.67 bits per heavy atom. The van der Waals surface area contributed by atoms with E-state index in [9.17, 15) is 23.9 Å². The maximum Gasteiger partial charge on any atom is 0.328 e. The number of amides is 1. The molecule has 1 aromatic carbocycles. The van der Waals surface area contributed by atoms with Crippen LogP contribution in [0.25, 0.3) is 0 Å². The minimum atomic E-state index is -1.26. The van der Waals surface area contributed by atoms with E-state index >= 15 is 0 Å². The van der Waals surface area contributed by atoms with Crippen LogP contribution in [0, 0.1) is 17.2 Å². The van der Waals surface area contributed by atoms with Crippen LogP contribution in [0.15, 0.2) is 36.7 Å². The van der Waals surface area contributed by atoms with E-state index in [0.717, 1.165) is 52.1 Å². The van der Waals surface area contributed by atoms with Gasteiger partial charge in [-0.3, -0.25) is 9.69 Å². The van der Waals surface area contributed by atoms with E-state index in [0.29, 0.717) is 43.0 Å². The molecule has 1 amide bonds. The average Bonchev–Trinajstić information content (AvgIpc) is 3.51. The first-order chi connectivity index (χ1) is 24.1. The van der Waals surface area contributed by atoms with Gasteiger partial charge in [0.15, 0.2) is 5.82 Å². The molecule has 0 bridgehead atoms. The number of rotatable bonds is 16. The lowest BCUT2D eigenvalue weighted by Gasteiger charge is -2.53. The number of likely N-dealkylation sites (tertiary alicyclic amines) is 1. The highest BCUT2D eigenvalue weighted by Crippen LogP contribution is 2.44. The number of ether oxygens (including phenoxy) is 1. The number of aliphatic carboxylic acids is 2. The summed E-state index contributed by atoms with van der Waals surface area (Å²) in [5.74, 6) is -1.89. The minimum Gasteiger partial charge on any atom is -0.478 e. The van der Waals surface area contributed by atoms with Crippen molar-refractivity contribution in [1.29, 1.82) is 0 Å². The van der Waals surface area contributed by atoms with Crippen LogP contribution in [0.3, 0.4) is 0 Å². The molecule has 51 heavy (non-hydrogen) atoms. The van der Waals surface area contributed by atoms with Gasteiger partial charge in [0.25, 0.3) is 11.8 Å². The van der Waals surface area contributed by atoms with Crippen molar-refractivity contribution in [2.24, 2.45) is 11.3 Å². The molecule has 15 heteroatoms. The second-order valence-corrected chi connectivity index (χ2v) is 13.8. The van der Waals surface area contributed by atoms with E-state index in [4.69, 9.17) is 14.9 Å². The number of carbonyl (C=O) groups is 3. The normalized spacial score (nSPS) is 16.7. The minimum absolute atomic E-state index is 0.0499. The predicted molar refractivity (Wildman–Crippen MR) is 190 cm³/mol. The zero-order valence-corrected chi connectivity index (χ0v) is 30.8. The number of carboxylic acid groups (broad SMARTS) is 2. The number of aliphatic hydroxyl groups is 1. The van der Waals surface area contributed by atoms with Crippen LogP contribution in [0.2, 0.25) is 0 Å². The van der Waals surface area contributed by atoms with Crippen LogP contribution in [0.1, 0.15) is 71.7 Å². The molecule has 2 aliphatic heterocycles. The molecule has 2 fully saturated rings. The van der Waals surface area contributed by atoms with Crippen LogP contribution < -0.4 is 9.64 Å². The fraction of sp³-hybridized carbons (Fsp3) is 0.611. The quantitative estimate of drug-likeness (QED) is 0.213. The van der Waals surface area contributed by atoms with Crippen LogP contribution in [-0.4, -0.2) is 134 Å². The summed E-state index contributed by atoms with van der Waals surface area (Å²) in [5.41, 5.74) is 0.275. The third-order valence-electron chi connectivity index (χ3n) is 9.47.